The van der Waals surface area contributed by atoms with Crippen LogP contribution in [0.25, 0.3) is 0 Å². The van der Waals surface area contributed by atoms with E-state index in [1.165, 1.54) is 6.07 Å². The van der Waals surface area contributed by atoms with Crippen molar-refractivity contribution < 1.29 is 20.1 Å². The minimum atomic E-state index is -1.36. The fourth-order valence-corrected chi connectivity index (χ4v) is 3.80. The topological polar surface area (TPSA) is 84.2 Å². The lowest BCUT2D eigenvalue weighted by atomic mass is 9.84. The van der Waals surface area contributed by atoms with Crippen LogP contribution in [0.2, 0.25) is 10.0 Å². The molecule has 1 fully saturated rings. The number of nitrogens with zero attached hydrogens (tertiary/aromatic N) is 2. The van der Waals surface area contributed by atoms with E-state index in [1.54, 1.807) is 11.0 Å². The van der Waals surface area contributed by atoms with Crippen molar-refractivity contribution in [2.24, 2.45) is 5.92 Å². The molecule has 1 saturated heterocycles. The lowest BCUT2D eigenvalue weighted by molar-refractivity contribution is -0.143. The highest BCUT2D eigenvalue weighted by atomic mass is 35.5. The Hall–Kier alpha value is -1.05. The van der Waals surface area contributed by atoms with Crippen molar-refractivity contribution in [1.82, 2.24) is 9.80 Å². The van der Waals surface area contributed by atoms with E-state index in [-0.39, 0.29) is 17.7 Å². The van der Waals surface area contributed by atoms with Crippen molar-refractivity contribution in [2.45, 2.75) is 25.0 Å². The molecule has 2 atom stereocenters. The maximum Gasteiger partial charge on any atom is 0.253 e. The standard InChI is InChI=1S/C17H24Cl2N2O4/c1-20(2)16(11-7-12(18)13(19)8-14(11)23)10-3-5-21(6-4-10)17(25)15(24)9-22/h7-8,10,15-16,22-24H,3-6,9H2,1-2H3/t15-,16?/m1/s1. The second kappa shape index (κ2) is 8.56. The Kier molecular flexibility index (Phi) is 6.93. The number of benzene rings is 1. The molecule has 1 unspecified atom stereocenters. The minimum Gasteiger partial charge on any atom is -0.508 e. The Morgan fingerprint density at radius 2 is 1.84 bits per heavy atom. The van der Waals surface area contributed by atoms with Gasteiger partial charge in [-0.2, -0.15) is 0 Å². The van der Waals surface area contributed by atoms with E-state index < -0.39 is 18.6 Å². The number of carbonyl (C=O) groups excluding carboxylic acids is 1. The van der Waals surface area contributed by atoms with E-state index in [0.29, 0.717) is 41.5 Å². The molecule has 1 aliphatic heterocycles. The Morgan fingerprint density at radius 3 is 2.36 bits per heavy atom. The fraction of sp³-hybridized carbons (Fsp3) is 0.588. The van der Waals surface area contributed by atoms with Gasteiger partial charge in [-0.25, -0.2) is 0 Å². The summed E-state index contributed by atoms with van der Waals surface area (Å²) < 4.78 is 0. The number of halogens is 2. The third-order valence-electron chi connectivity index (χ3n) is 4.70. The van der Waals surface area contributed by atoms with Crippen LogP contribution in [0.4, 0.5) is 0 Å². The predicted molar refractivity (Wildman–Crippen MR) is 97.0 cm³/mol. The first kappa shape index (κ1) is 20.3. The zero-order chi connectivity index (χ0) is 18.7. The number of likely N-dealkylation sites (tertiary alicyclic amines) is 1. The number of hydrogen-bond donors (Lipinski definition) is 3. The van der Waals surface area contributed by atoms with Gasteiger partial charge in [-0.1, -0.05) is 23.2 Å². The summed E-state index contributed by atoms with van der Waals surface area (Å²) in [4.78, 5) is 15.6. The molecule has 0 bridgehead atoms. The first-order chi connectivity index (χ1) is 11.8. The lowest BCUT2D eigenvalue weighted by Crippen LogP contribution is -2.46. The molecule has 1 aromatic rings. The molecular weight excluding hydrogens is 367 g/mol. The molecule has 25 heavy (non-hydrogen) atoms. The molecule has 1 aliphatic rings. The molecule has 0 aliphatic carbocycles. The summed E-state index contributed by atoms with van der Waals surface area (Å²) in [5.74, 6) is -0.143. The van der Waals surface area contributed by atoms with Crippen LogP contribution in [0.5, 0.6) is 5.75 Å². The molecule has 140 valence electrons. The van der Waals surface area contributed by atoms with Gasteiger partial charge in [0.2, 0.25) is 0 Å². The molecule has 1 aromatic carbocycles. The molecule has 0 aromatic heterocycles. The van der Waals surface area contributed by atoms with Crippen molar-refractivity contribution in [3.05, 3.63) is 27.7 Å². The summed E-state index contributed by atoms with van der Waals surface area (Å²) in [6, 6.07) is 3.07. The monoisotopic (exact) mass is 390 g/mol. The van der Waals surface area contributed by atoms with Crippen molar-refractivity contribution in [1.29, 1.82) is 0 Å². The first-order valence-corrected chi connectivity index (χ1v) is 8.93. The number of aliphatic hydroxyl groups excluding tert-OH is 2. The first-order valence-electron chi connectivity index (χ1n) is 8.18. The number of carbonyl (C=O) groups is 1. The van der Waals surface area contributed by atoms with Gasteiger partial charge in [0.05, 0.1) is 16.7 Å². The van der Waals surface area contributed by atoms with Crippen LogP contribution < -0.4 is 0 Å². The SMILES string of the molecule is CN(C)C(c1cc(Cl)c(Cl)cc1O)C1CCN(C(=O)[C@H](O)CO)CC1. The number of phenolic OH excluding ortho intramolecular Hbond substituents is 1. The van der Waals surface area contributed by atoms with Gasteiger partial charge in [0.25, 0.3) is 5.91 Å². The highest BCUT2D eigenvalue weighted by Crippen LogP contribution is 2.41. The molecule has 8 heteroatoms. The third-order valence-corrected chi connectivity index (χ3v) is 5.42. The van der Waals surface area contributed by atoms with Crippen LogP contribution in [-0.4, -0.2) is 70.9 Å². The van der Waals surface area contributed by atoms with E-state index in [0.717, 1.165) is 0 Å². The lowest BCUT2D eigenvalue weighted by Gasteiger charge is -2.39. The molecule has 3 N–H and O–H groups in total. The zero-order valence-corrected chi connectivity index (χ0v) is 15.8. The second-order valence-corrected chi connectivity index (χ2v) is 7.41. The summed E-state index contributed by atoms with van der Waals surface area (Å²) in [5.41, 5.74) is 0.708. The summed E-state index contributed by atoms with van der Waals surface area (Å²) in [6.45, 7) is 0.413. The Bertz CT molecular complexity index is 619. The van der Waals surface area contributed by atoms with Gasteiger partial charge < -0.3 is 25.1 Å². The molecule has 6 nitrogen and oxygen atoms in total. The molecule has 0 spiro atoms. The highest BCUT2D eigenvalue weighted by molar-refractivity contribution is 6.42. The van der Waals surface area contributed by atoms with E-state index >= 15 is 0 Å². The Labute approximate surface area is 157 Å². The number of aliphatic hydroxyl groups is 2. The van der Waals surface area contributed by atoms with Crippen LogP contribution in [-0.2, 0) is 4.79 Å². The highest BCUT2D eigenvalue weighted by Gasteiger charge is 2.33. The van der Waals surface area contributed by atoms with E-state index in [9.17, 15) is 15.0 Å². The average molecular weight is 391 g/mol. The second-order valence-electron chi connectivity index (χ2n) is 6.59. The summed E-state index contributed by atoms with van der Waals surface area (Å²) in [7, 11) is 3.86. The quantitative estimate of drug-likeness (QED) is 0.714. The molecule has 0 radical (unpaired) electrons. The number of rotatable bonds is 5. The van der Waals surface area contributed by atoms with Crippen molar-refractivity contribution >= 4 is 29.1 Å². The predicted octanol–water partition coefficient (Wildman–Crippen LogP) is 1.89. The van der Waals surface area contributed by atoms with Crippen molar-refractivity contribution in [2.75, 3.05) is 33.8 Å². The Balaban J connectivity index is 2.16. The van der Waals surface area contributed by atoms with E-state index in [4.69, 9.17) is 28.3 Å². The molecule has 1 amide bonds. The average Bonchev–Trinajstić information content (AvgIpc) is 2.58. The summed E-state index contributed by atoms with van der Waals surface area (Å²) in [6.07, 6.45) is 0.0686. The molecule has 1 heterocycles. The minimum absolute atomic E-state index is 0.0743. The van der Waals surface area contributed by atoms with Crippen molar-refractivity contribution in [3.63, 3.8) is 0 Å². The normalized spacial score (nSPS) is 18.4. The zero-order valence-electron chi connectivity index (χ0n) is 14.3. The third kappa shape index (κ3) is 4.57. The van der Waals surface area contributed by atoms with Gasteiger partial charge in [0.1, 0.15) is 5.75 Å². The van der Waals surface area contributed by atoms with Crippen molar-refractivity contribution in [3.8, 4) is 5.75 Å². The number of hydrogen-bond acceptors (Lipinski definition) is 5. The number of phenols is 1. The van der Waals surface area contributed by atoms with Crippen LogP contribution in [0.1, 0.15) is 24.4 Å². The van der Waals surface area contributed by atoms with Gasteiger partial charge in [0, 0.05) is 30.8 Å². The molecule has 2 rings (SSSR count). The smallest absolute Gasteiger partial charge is 0.253 e. The molecular formula is C17H24Cl2N2O4. The van der Waals surface area contributed by atoms with Crippen LogP contribution in [0.3, 0.4) is 0 Å². The van der Waals surface area contributed by atoms with Gasteiger partial charge >= 0.3 is 0 Å². The summed E-state index contributed by atoms with van der Waals surface area (Å²) in [5, 5.41) is 29.4. The fourth-order valence-electron chi connectivity index (χ4n) is 3.47. The maximum atomic E-state index is 12.0. The summed E-state index contributed by atoms with van der Waals surface area (Å²) >= 11 is 12.1. The van der Waals surface area contributed by atoms with Gasteiger partial charge in [-0.3, -0.25) is 4.79 Å². The van der Waals surface area contributed by atoms with E-state index in [2.05, 4.69) is 0 Å². The van der Waals surface area contributed by atoms with Crippen LogP contribution in [0.15, 0.2) is 12.1 Å². The number of aromatic hydroxyl groups is 1. The van der Waals surface area contributed by atoms with Crippen LogP contribution in [0, 0.1) is 5.92 Å². The van der Waals surface area contributed by atoms with Gasteiger partial charge in [-0.05, 0) is 38.9 Å². The van der Waals surface area contributed by atoms with E-state index in [1.807, 2.05) is 19.0 Å². The number of amides is 1. The van der Waals surface area contributed by atoms with Gasteiger partial charge in [0.15, 0.2) is 6.10 Å². The Morgan fingerprint density at radius 1 is 1.28 bits per heavy atom. The maximum absolute atomic E-state index is 12.0. The largest absolute Gasteiger partial charge is 0.508 e. The molecule has 0 saturated carbocycles. The van der Waals surface area contributed by atoms with Gasteiger partial charge in [-0.15, -0.1) is 0 Å². The number of piperidine rings is 1. The van der Waals surface area contributed by atoms with Crippen LogP contribution >= 0.6 is 23.2 Å².